The number of nitrogens with one attached hydrogen (secondary N) is 2. The number of carbonyl (C=O) groups is 2. The number of hydrogen-bond acceptors (Lipinski definition) is 4. The number of alkyl halides is 6. The maximum absolute atomic E-state index is 10.6. The number of aliphatic carboxylic acids is 2. The van der Waals surface area contributed by atoms with E-state index in [1.165, 1.54) is 19.5 Å². The van der Waals surface area contributed by atoms with Crippen molar-refractivity contribution in [1.29, 1.82) is 0 Å². The van der Waals surface area contributed by atoms with Crippen LogP contribution in [0.25, 0.3) is 0 Å². The van der Waals surface area contributed by atoms with E-state index in [-0.39, 0.29) is 0 Å². The summed E-state index contributed by atoms with van der Waals surface area (Å²) in [5.41, 5.74) is 0. The lowest BCUT2D eigenvalue weighted by Gasteiger charge is -2.42. The summed E-state index contributed by atoms with van der Waals surface area (Å²) in [6.45, 7) is 2.38. The van der Waals surface area contributed by atoms with Gasteiger partial charge in [-0.05, 0) is 6.42 Å². The molecule has 0 saturated carbocycles. The second kappa shape index (κ2) is 7.45. The summed E-state index contributed by atoms with van der Waals surface area (Å²) in [6, 6.07) is 1.64. The third-order valence-electron chi connectivity index (χ3n) is 2.31. The second-order valence-corrected chi connectivity index (χ2v) is 4.06. The average Bonchev–Trinajstić information content (AvgIpc) is 2.28. The van der Waals surface area contributed by atoms with Crippen LogP contribution in [-0.4, -0.2) is 59.7 Å². The van der Waals surface area contributed by atoms with Gasteiger partial charge in [0.05, 0.1) is 0 Å². The summed E-state index contributed by atoms with van der Waals surface area (Å²) in [5, 5.41) is 21.0. The Morgan fingerprint density at radius 1 is 0.857 bits per heavy atom. The number of piperazine rings is 1. The highest BCUT2D eigenvalue weighted by atomic mass is 19.4. The van der Waals surface area contributed by atoms with Crippen LogP contribution in [0.2, 0.25) is 0 Å². The van der Waals surface area contributed by atoms with E-state index in [1.54, 1.807) is 0 Å². The lowest BCUT2D eigenvalue weighted by Crippen LogP contribution is -2.65. The van der Waals surface area contributed by atoms with E-state index in [2.05, 4.69) is 10.6 Å². The molecule has 0 amide bonds. The van der Waals surface area contributed by atoms with E-state index in [1.807, 2.05) is 0 Å². The molecule has 21 heavy (non-hydrogen) atoms. The van der Waals surface area contributed by atoms with Gasteiger partial charge in [-0.1, -0.05) is 0 Å². The van der Waals surface area contributed by atoms with Crippen molar-refractivity contribution in [3.05, 3.63) is 0 Å². The minimum absolute atomic E-state index is 0.818. The number of fused-ring (bicyclic) bond motifs is 2. The van der Waals surface area contributed by atoms with Crippen LogP contribution in [0.3, 0.4) is 0 Å². The molecular formula is C9H12F6N2O4. The van der Waals surface area contributed by atoms with E-state index in [9.17, 15) is 26.3 Å². The fraction of sp³-hybridized carbons (Fsp3) is 0.778. The number of rotatable bonds is 0. The summed E-state index contributed by atoms with van der Waals surface area (Å²) in [4.78, 5) is 17.8. The molecule has 3 saturated heterocycles. The second-order valence-electron chi connectivity index (χ2n) is 4.06. The zero-order valence-corrected chi connectivity index (χ0v) is 10.3. The summed E-state index contributed by atoms with van der Waals surface area (Å²) in [6.07, 6.45) is -8.76. The van der Waals surface area contributed by atoms with Gasteiger partial charge in [0.15, 0.2) is 0 Å². The molecule has 3 aliphatic heterocycles. The normalized spacial score (nSPS) is 23.5. The first kappa shape index (κ1) is 19.4. The highest BCUT2D eigenvalue weighted by Gasteiger charge is 2.38. The van der Waals surface area contributed by atoms with E-state index in [4.69, 9.17) is 19.8 Å². The van der Waals surface area contributed by atoms with Crippen molar-refractivity contribution in [3.8, 4) is 0 Å². The summed E-state index contributed by atoms with van der Waals surface area (Å²) in [5.74, 6) is -5.51. The van der Waals surface area contributed by atoms with Crippen LogP contribution in [-0.2, 0) is 9.59 Å². The van der Waals surface area contributed by atoms with Crippen LogP contribution in [0.5, 0.6) is 0 Å². The van der Waals surface area contributed by atoms with E-state index < -0.39 is 24.3 Å². The summed E-state index contributed by atoms with van der Waals surface area (Å²) < 4.78 is 63.5. The summed E-state index contributed by atoms with van der Waals surface area (Å²) in [7, 11) is 0. The Kier molecular flexibility index (Phi) is 6.90. The Balaban J connectivity index is 0.000000286. The quantitative estimate of drug-likeness (QED) is 0.486. The van der Waals surface area contributed by atoms with Gasteiger partial charge in [0, 0.05) is 25.2 Å². The van der Waals surface area contributed by atoms with Gasteiger partial charge in [0.25, 0.3) is 0 Å². The highest BCUT2D eigenvalue weighted by molar-refractivity contribution is 5.73. The third kappa shape index (κ3) is 8.34. The van der Waals surface area contributed by atoms with Crippen molar-refractivity contribution in [2.75, 3.05) is 13.1 Å². The fourth-order valence-corrected chi connectivity index (χ4v) is 1.37. The van der Waals surface area contributed by atoms with Crippen molar-refractivity contribution >= 4 is 11.9 Å². The van der Waals surface area contributed by atoms with Gasteiger partial charge in [-0.2, -0.15) is 26.3 Å². The molecule has 0 radical (unpaired) electrons. The molecule has 0 aliphatic carbocycles. The predicted octanol–water partition coefficient (Wildman–Crippen LogP) is 0.587. The van der Waals surface area contributed by atoms with Crippen molar-refractivity contribution in [1.82, 2.24) is 10.6 Å². The van der Waals surface area contributed by atoms with E-state index in [0.717, 1.165) is 12.1 Å². The third-order valence-corrected chi connectivity index (χ3v) is 2.31. The molecule has 0 aromatic carbocycles. The zero-order valence-electron chi connectivity index (χ0n) is 10.3. The van der Waals surface area contributed by atoms with Gasteiger partial charge in [-0.15, -0.1) is 0 Å². The van der Waals surface area contributed by atoms with Crippen molar-refractivity contribution < 1.29 is 46.1 Å². The molecule has 0 aromatic rings. The molecule has 2 unspecified atom stereocenters. The maximum Gasteiger partial charge on any atom is 0.490 e. The Morgan fingerprint density at radius 2 is 1.10 bits per heavy atom. The van der Waals surface area contributed by atoms with Gasteiger partial charge in [-0.25, -0.2) is 9.59 Å². The zero-order chi connectivity index (χ0) is 16.8. The molecule has 2 bridgehead atoms. The van der Waals surface area contributed by atoms with Crippen LogP contribution >= 0.6 is 0 Å². The van der Waals surface area contributed by atoms with Gasteiger partial charge in [-0.3, -0.25) is 0 Å². The lowest BCUT2D eigenvalue weighted by molar-refractivity contribution is -0.193. The van der Waals surface area contributed by atoms with E-state index >= 15 is 0 Å². The number of piperidine rings is 1. The first-order valence-electron chi connectivity index (χ1n) is 5.41. The minimum Gasteiger partial charge on any atom is -0.475 e. The molecule has 3 aliphatic rings. The average molecular weight is 326 g/mol. The molecule has 2 atom stereocenters. The Morgan fingerprint density at radius 3 is 1.14 bits per heavy atom. The van der Waals surface area contributed by atoms with Crippen LogP contribution in [0.15, 0.2) is 0 Å². The molecule has 4 N–H and O–H groups in total. The van der Waals surface area contributed by atoms with Gasteiger partial charge < -0.3 is 20.8 Å². The van der Waals surface area contributed by atoms with Crippen LogP contribution in [0.1, 0.15) is 6.42 Å². The minimum atomic E-state index is -5.08. The molecule has 12 heteroatoms. The molecule has 0 spiro atoms. The van der Waals surface area contributed by atoms with Crippen molar-refractivity contribution in [3.63, 3.8) is 0 Å². The molecular weight excluding hydrogens is 314 g/mol. The number of carboxylic acids is 2. The smallest absolute Gasteiger partial charge is 0.475 e. The molecule has 6 nitrogen and oxygen atoms in total. The van der Waals surface area contributed by atoms with Crippen LogP contribution in [0.4, 0.5) is 26.3 Å². The maximum atomic E-state index is 10.6. The largest absolute Gasteiger partial charge is 0.490 e. The van der Waals surface area contributed by atoms with Crippen molar-refractivity contribution in [2.24, 2.45) is 0 Å². The van der Waals surface area contributed by atoms with Crippen LogP contribution in [0, 0.1) is 0 Å². The number of carboxylic acid groups (broad SMARTS) is 2. The Hall–Kier alpha value is -1.56. The van der Waals surface area contributed by atoms with E-state index in [0.29, 0.717) is 0 Å². The summed E-state index contributed by atoms with van der Waals surface area (Å²) >= 11 is 0. The van der Waals surface area contributed by atoms with Gasteiger partial charge in [0.1, 0.15) is 0 Å². The molecule has 124 valence electrons. The SMILES string of the molecule is C1NCC2CC1N2.O=C(O)C(F)(F)F.O=C(O)C(F)(F)F. The number of hydrogen-bond donors (Lipinski definition) is 4. The van der Waals surface area contributed by atoms with Crippen molar-refractivity contribution in [2.45, 2.75) is 30.9 Å². The van der Waals surface area contributed by atoms with Gasteiger partial charge in [0.2, 0.25) is 0 Å². The van der Waals surface area contributed by atoms with Crippen LogP contribution < -0.4 is 10.6 Å². The standard InChI is InChI=1S/C5H10N2.2C2HF3O2/c1-4-2-6-3-5(1)7-4;2*3-2(4,5)1(6)7/h4-7H,1-3H2;2*(H,6,7). The predicted molar refractivity (Wildman–Crippen MR) is 55.6 cm³/mol. The molecule has 3 fully saturated rings. The monoisotopic (exact) mass is 326 g/mol. The lowest BCUT2D eigenvalue weighted by atomic mass is 9.93. The fourth-order valence-electron chi connectivity index (χ4n) is 1.37. The highest BCUT2D eigenvalue weighted by Crippen LogP contribution is 2.14. The van der Waals surface area contributed by atoms with Gasteiger partial charge >= 0.3 is 24.3 Å². The molecule has 3 rings (SSSR count). The first-order valence-corrected chi connectivity index (χ1v) is 5.41. The topological polar surface area (TPSA) is 98.7 Å². The molecule has 0 aromatic heterocycles. The Labute approximate surface area is 114 Å². The first-order chi connectivity index (χ1) is 9.34. The Bertz CT molecular complexity index is 327. The molecule has 3 heterocycles. The number of halogens is 6.